The van der Waals surface area contributed by atoms with E-state index in [1.54, 1.807) is 18.2 Å². The molecule has 8 heteroatoms. The van der Waals surface area contributed by atoms with Crippen LogP contribution >= 0.6 is 63.7 Å². The summed E-state index contributed by atoms with van der Waals surface area (Å²) in [6.45, 7) is 1.95. The number of sulfonamides is 1. The maximum absolute atomic E-state index is 12.5. The molecule has 0 atom stereocenters. The van der Waals surface area contributed by atoms with Gasteiger partial charge in [0.1, 0.15) is 0 Å². The zero-order valence-electron chi connectivity index (χ0n) is 10.1. The van der Waals surface area contributed by atoms with Gasteiger partial charge in [-0.25, -0.2) is 13.1 Å². The minimum absolute atomic E-state index is 0.224. The highest BCUT2D eigenvalue weighted by molar-refractivity contribution is 9.11. The third-order valence-electron chi connectivity index (χ3n) is 2.72. The van der Waals surface area contributed by atoms with Gasteiger partial charge in [0, 0.05) is 19.6 Å². The van der Waals surface area contributed by atoms with E-state index in [4.69, 9.17) is 0 Å². The predicted molar refractivity (Wildman–Crippen MR) is 92.8 cm³/mol. The highest BCUT2D eigenvalue weighted by Crippen LogP contribution is 2.28. The van der Waals surface area contributed by atoms with Crippen molar-refractivity contribution in [2.45, 2.75) is 23.8 Å². The van der Waals surface area contributed by atoms with Crippen LogP contribution in [0.5, 0.6) is 0 Å². The molecule has 0 aliphatic carbocycles. The lowest BCUT2D eigenvalue weighted by atomic mass is 10.0. The van der Waals surface area contributed by atoms with Gasteiger partial charge in [-0.1, -0.05) is 54.7 Å². The van der Waals surface area contributed by atoms with E-state index >= 15 is 0 Å². The Kier molecular flexibility index (Phi) is 7.01. The van der Waals surface area contributed by atoms with Crippen LogP contribution in [-0.2, 0) is 10.0 Å². The topological polar surface area (TPSA) is 46.2 Å². The van der Waals surface area contributed by atoms with Crippen molar-refractivity contribution in [2.75, 3.05) is 10.7 Å². The summed E-state index contributed by atoms with van der Waals surface area (Å²) in [6.07, 6.45) is 0.675. The lowest BCUT2D eigenvalue weighted by Crippen LogP contribution is -2.50. The van der Waals surface area contributed by atoms with Crippen LogP contribution in [0.4, 0.5) is 0 Å². The largest absolute Gasteiger partial charge is 0.242 e. The maximum Gasteiger partial charge on any atom is 0.242 e. The molecule has 108 valence electrons. The summed E-state index contributed by atoms with van der Waals surface area (Å²) in [4.78, 5) is 0.224. The monoisotopic (exact) mass is 539 g/mol. The van der Waals surface area contributed by atoms with Gasteiger partial charge in [-0.2, -0.15) is 0 Å². The average Bonchev–Trinajstić information content (AvgIpc) is 2.39. The number of hydrogen-bond donors (Lipinski definition) is 1. The van der Waals surface area contributed by atoms with Crippen molar-refractivity contribution in [1.82, 2.24) is 4.72 Å². The first-order chi connectivity index (χ1) is 8.80. The van der Waals surface area contributed by atoms with E-state index in [2.05, 4.69) is 68.4 Å². The summed E-state index contributed by atoms with van der Waals surface area (Å²) in [6, 6.07) is 5.06. The Morgan fingerprint density at radius 1 is 1.21 bits per heavy atom. The van der Waals surface area contributed by atoms with E-state index in [9.17, 15) is 8.42 Å². The van der Waals surface area contributed by atoms with E-state index in [1.165, 1.54) is 0 Å². The van der Waals surface area contributed by atoms with Gasteiger partial charge >= 0.3 is 0 Å². The molecule has 1 aromatic rings. The molecule has 19 heavy (non-hydrogen) atoms. The molecule has 0 aromatic heterocycles. The highest BCUT2D eigenvalue weighted by atomic mass is 79.9. The van der Waals surface area contributed by atoms with Gasteiger partial charge in [0.15, 0.2) is 0 Å². The molecule has 0 aliphatic rings. The molecule has 0 saturated heterocycles. The third kappa shape index (κ3) is 4.51. The van der Waals surface area contributed by atoms with E-state index < -0.39 is 15.6 Å². The SMILES string of the molecule is CCC(CBr)(CBr)NS(=O)(=O)c1cc(Br)ccc1Br. The van der Waals surface area contributed by atoms with Crippen LogP contribution in [-0.4, -0.2) is 24.6 Å². The van der Waals surface area contributed by atoms with Crippen molar-refractivity contribution in [3.05, 3.63) is 27.1 Å². The summed E-state index contributed by atoms with van der Waals surface area (Å²) in [7, 11) is -3.59. The van der Waals surface area contributed by atoms with Gasteiger partial charge in [-0.15, -0.1) is 0 Å². The molecule has 1 aromatic carbocycles. The fourth-order valence-corrected chi connectivity index (χ4v) is 6.72. The molecule has 0 spiro atoms. The molecule has 0 fully saturated rings. The van der Waals surface area contributed by atoms with Gasteiger partial charge in [0.05, 0.1) is 10.4 Å². The lowest BCUT2D eigenvalue weighted by molar-refractivity contribution is 0.459. The Hall–Kier alpha value is 1.05. The normalized spacial score (nSPS) is 12.7. The number of halogens is 4. The van der Waals surface area contributed by atoms with Gasteiger partial charge in [-0.3, -0.25) is 0 Å². The van der Waals surface area contributed by atoms with Crippen molar-refractivity contribution < 1.29 is 8.42 Å². The minimum Gasteiger partial charge on any atom is -0.207 e. The summed E-state index contributed by atoms with van der Waals surface area (Å²) in [5, 5.41) is 1.07. The minimum atomic E-state index is -3.59. The number of nitrogens with one attached hydrogen (secondary N) is 1. The quantitative estimate of drug-likeness (QED) is 0.541. The first-order valence-corrected chi connectivity index (χ1v) is 10.7. The van der Waals surface area contributed by atoms with Crippen molar-refractivity contribution in [3.63, 3.8) is 0 Å². The second-order valence-corrected chi connectivity index (χ2v) is 8.62. The van der Waals surface area contributed by atoms with Crippen molar-refractivity contribution in [2.24, 2.45) is 0 Å². The zero-order chi connectivity index (χ0) is 14.7. The molecule has 0 unspecified atom stereocenters. The Bertz CT molecular complexity index is 535. The summed E-state index contributed by atoms with van der Waals surface area (Å²) >= 11 is 13.3. The molecule has 1 N–H and O–H groups in total. The summed E-state index contributed by atoms with van der Waals surface area (Å²) in [5.74, 6) is 0. The Balaban J connectivity index is 3.21. The van der Waals surface area contributed by atoms with Gasteiger partial charge < -0.3 is 0 Å². The first kappa shape index (κ1) is 18.1. The van der Waals surface area contributed by atoms with Crippen LogP contribution in [0.3, 0.4) is 0 Å². The maximum atomic E-state index is 12.5. The van der Waals surface area contributed by atoms with Crippen LogP contribution in [0, 0.1) is 0 Å². The molecule has 1 rings (SSSR count). The van der Waals surface area contributed by atoms with Crippen LogP contribution in [0.2, 0.25) is 0 Å². The van der Waals surface area contributed by atoms with Crippen molar-refractivity contribution in [1.29, 1.82) is 0 Å². The standard InChI is InChI=1S/C11H13Br4NO2S/c1-2-11(6-12,7-13)16-19(17,18)10-5-8(14)3-4-9(10)15/h3-5,16H,2,6-7H2,1H3. The smallest absolute Gasteiger partial charge is 0.207 e. The van der Waals surface area contributed by atoms with Gasteiger partial charge in [0.2, 0.25) is 10.0 Å². The van der Waals surface area contributed by atoms with E-state index in [0.717, 1.165) is 4.47 Å². The Morgan fingerprint density at radius 3 is 2.26 bits per heavy atom. The van der Waals surface area contributed by atoms with Gasteiger partial charge in [0.25, 0.3) is 0 Å². The van der Waals surface area contributed by atoms with Crippen molar-refractivity contribution >= 4 is 73.7 Å². The molecule has 0 saturated carbocycles. The van der Waals surface area contributed by atoms with E-state index in [0.29, 0.717) is 21.6 Å². The number of rotatable bonds is 6. The predicted octanol–water partition coefficient (Wildman–Crippen LogP) is 4.43. The van der Waals surface area contributed by atoms with Crippen LogP contribution in [0.1, 0.15) is 13.3 Å². The Morgan fingerprint density at radius 2 is 1.79 bits per heavy atom. The van der Waals surface area contributed by atoms with Crippen molar-refractivity contribution in [3.8, 4) is 0 Å². The molecule has 0 amide bonds. The van der Waals surface area contributed by atoms with E-state index in [-0.39, 0.29) is 4.90 Å². The molecular formula is C11H13Br4NO2S. The number of alkyl halides is 2. The average molecular weight is 543 g/mol. The second-order valence-electron chi connectivity index (χ2n) is 4.08. The molecular weight excluding hydrogens is 530 g/mol. The second kappa shape index (κ2) is 7.35. The Labute approximate surface area is 147 Å². The fourth-order valence-electron chi connectivity index (χ4n) is 1.37. The number of benzene rings is 1. The van der Waals surface area contributed by atoms with Crippen LogP contribution in [0.25, 0.3) is 0 Å². The molecule has 0 bridgehead atoms. The first-order valence-electron chi connectivity index (χ1n) is 5.41. The summed E-state index contributed by atoms with van der Waals surface area (Å²) in [5.41, 5.74) is -0.541. The molecule has 3 nitrogen and oxygen atoms in total. The molecule has 0 heterocycles. The lowest BCUT2D eigenvalue weighted by Gasteiger charge is -2.29. The van der Waals surface area contributed by atoms with Gasteiger partial charge in [-0.05, 0) is 40.5 Å². The summed E-state index contributed by atoms with van der Waals surface area (Å²) < 4.78 is 29.0. The third-order valence-corrected chi connectivity index (χ3v) is 7.93. The molecule has 0 radical (unpaired) electrons. The highest BCUT2D eigenvalue weighted by Gasteiger charge is 2.32. The fraction of sp³-hybridized carbons (Fsp3) is 0.455. The zero-order valence-corrected chi connectivity index (χ0v) is 17.3. The van der Waals surface area contributed by atoms with E-state index in [1.807, 2.05) is 6.92 Å². The van der Waals surface area contributed by atoms with Crippen LogP contribution < -0.4 is 4.72 Å². The number of hydrogen-bond acceptors (Lipinski definition) is 2. The van der Waals surface area contributed by atoms with Crippen LogP contribution in [0.15, 0.2) is 32.0 Å². The molecule has 0 aliphatic heterocycles.